The number of carboxylic acid groups (broad SMARTS) is 1. The summed E-state index contributed by atoms with van der Waals surface area (Å²) in [4.78, 5) is 26.6. The molecule has 1 rings (SSSR count). The highest BCUT2D eigenvalue weighted by molar-refractivity contribution is 5.78. The minimum atomic E-state index is -0.948. The summed E-state index contributed by atoms with van der Waals surface area (Å²) in [5.41, 5.74) is -0.773. The van der Waals surface area contributed by atoms with E-state index in [1.807, 2.05) is 6.92 Å². The Balaban J connectivity index is 2.40. The van der Waals surface area contributed by atoms with Crippen LogP contribution >= 0.6 is 0 Å². The predicted molar refractivity (Wildman–Crippen MR) is 71.1 cm³/mol. The van der Waals surface area contributed by atoms with Crippen LogP contribution in [0.25, 0.3) is 0 Å². The SMILES string of the molecule is CCCc1noc(CCC(=O)NC(C)(C)CC(=O)O)n1. The summed E-state index contributed by atoms with van der Waals surface area (Å²) in [6.07, 6.45) is 2.10. The fraction of sp³-hybridized carbons (Fsp3) is 0.692. The third-order valence-corrected chi connectivity index (χ3v) is 2.62. The lowest BCUT2D eigenvalue weighted by Crippen LogP contribution is -2.45. The number of aliphatic carboxylic acids is 1. The lowest BCUT2D eigenvalue weighted by molar-refractivity contribution is -0.138. The molecule has 1 heterocycles. The summed E-state index contributed by atoms with van der Waals surface area (Å²) < 4.78 is 5.03. The number of hydrogen-bond donors (Lipinski definition) is 2. The van der Waals surface area contributed by atoms with Crippen molar-refractivity contribution in [2.75, 3.05) is 0 Å². The fourth-order valence-electron chi connectivity index (χ4n) is 1.80. The van der Waals surface area contributed by atoms with Gasteiger partial charge in [-0.15, -0.1) is 0 Å². The molecule has 1 aromatic heterocycles. The molecule has 7 heteroatoms. The van der Waals surface area contributed by atoms with Gasteiger partial charge in [0.1, 0.15) is 0 Å². The summed E-state index contributed by atoms with van der Waals surface area (Å²) in [5, 5.41) is 15.2. The Hall–Kier alpha value is -1.92. The van der Waals surface area contributed by atoms with Gasteiger partial charge in [0, 0.05) is 24.8 Å². The van der Waals surface area contributed by atoms with Crippen molar-refractivity contribution in [3.8, 4) is 0 Å². The highest BCUT2D eigenvalue weighted by Gasteiger charge is 2.23. The first-order chi connectivity index (χ1) is 9.32. The number of nitrogens with one attached hydrogen (secondary N) is 1. The monoisotopic (exact) mass is 283 g/mol. The number of aryl methyl sites for hydroxylation is 2. The van der Waals surface area contributed by atoms with E-state index in [0.29, 0.717) is 18.1 Å². The molecule has 0 aliphatic carbocycles. The van der Waals surface area contributed by atoms with Crippen LogP contribution in [0.3, 0.4) is 0 Å². The Morgan fingerprint density at radius 1 is 1.35 bits per heavy atom. The van der Waals surface area contributed by atoms with Crippen molar-refractivity contribution in [1.82, 2.24) is 15.5 Å². The van der Waals surface area contributed by atoms with Crippen LogP contribution in [-0.2, 0) is 22.4 Å². The van der Waals surface area contributed by atoms with Crippen LogP contribution < -0.4 is 5.32 Å². The van der Waals surface area contributed by atoms with Gasteiger partial charge in [0.2, 0.25) is 11.8 Å². The van der Waals surface area contributed by atoms with E-state index in [0.717, 1.165) is 12.8 Å². The van der Waals surface area contributed by atoms with Crippen molar-refractivity contribution < 1.29 is 19.2 Å². The zero-order chi connectivity index (χ0) is 15.2. The van der Waals surface area contributed by atoms with Crippen LogP contribution in [0.2, 0.25) is 0 Å². The molecule has 0 saturated carbocycles. The van der Waals surface area contributed by atoms with Gasteiger partial charge in [0.15, 0.2) is 5.82 Å². The van der Waals surface area contributed by atoms with Crippen molar-refractivity contribution in [2.24, 2.45) is 0 Å². The average Bonchev–Trinajstić information content (AvgIpc) is 2.72. The largest absolute Gasteiger partial charge is 0.481 e. The maximum atomic E-state index is 11.8. The number of carbonyl (C=O) groups is 2. The summed E-state index contributed by atoms with van der Waals surface area (Å²) >= 11 is 0. The second kappa shape index (κ2) is 7.02. The quantitative estimate of drug-likeness (QED) is 0.745. The summed E-state index contributed by atoms with van der Waals surface area (Å²) in [6.45, 7) is 5.37. The Morgan fingerprint density at radius 3 is 2.65 bits per heavy atom. The molecule has 0 aromatic carbocycles. The normalized spacial score (nSPS) is 11.3. The van der Waals surface area contributed by atoms with Crippen molar-refractivity contribution in [2.45, 2.75) is 58.4 Å². The maximum Gasteiger partial charge on any atom is 0.305 e. The van der Waals surface area contributed by atoms with E-state index < -0.39 is 11.5 Å². The molecule has 0 aliphatic heterocycles. The van der Waals surface area contributed by atoms with Crippen molar-refractivity contribution in [1.29, 1.82) is 0 Å². The number of amides is 1. The van der Waals surface area contributed by atoms with E-state index in [4.69, 9.17) is 9.63 Å². The highest BCUT2D eigenvalue weighted by Crippen LogP contribution is 2.09. The highest BCUT2D eigenvalue weighted by atomic mass is 16.5. The van der Waals surface area contributed by atoms with Gasteiger partial charge in [-0.25, -0.2) is 0 Å². The van der Waals surface area contributed by atoms with Gasteiger partial charge in [0.25, 0.3) is 0 Å². The minimum absolute atomic E-state index is 0.125. The molecule has 0 unspecified atom stereocenters. The third-order valence-electron chi connectivity index (χ3n) is 2.62. The standard InChI is InChI=1S/C13H21N3O4/c1-4-5-9-14-11(20-16-9)7-6-10(17)15-13(2,3)8-12(18)19/h4-8H2,1-3H3,(H,15,17)(H,18,19). The Morgan fingerprint density at radius 2 is 2.05 bits per heavy atom. The van der Waals surface area contributed by atoms with E-state index >= 15 is 0 Å². The van der Waals surface area contributed by atoms with E-state index in [1.165, 1.54) is 0 Å². The van der Waals surface area contributed by atoms with Gasteiger partial charge in [-0.2, -0.15) is 4.98 Å². The second-order valence-corrected chi connectivity index (χ2v) is 5.36. The lowest BCUT2D eigenvalue weighted by atomic mass is 10.0. The van der Waals surface area contributed by atoms with Crippen LogP contribution in [0.1, 0.15) is 51.7 Å². The molecular formula is C13H21N3O4. The fourth-order valence-corrected chi connectivity index (χ4v) is 1.80. The smallest absolute Gasteiger partial charge is 0.305 e. The number of carbonyl (C=O) groups excluding carboxylic acids is 1. The molecule has 1 amide bonds. The van der Waals surface area contributed by atoms with Crippen LogP contribution in [0.5, 0.6) is 0 Å². The molecule has 0 fully saturated rings. The van der Waals surface area contributed by atoms with E-state index in [2.05, 4.69) is 15.5 Å². The van der Waals surface area contributed by atoms with Crippen LogP contribution in [-0.4, -0.2) is 32.7 Å². The number of carboxylic acids is 1. The van der Waals surface area contributed by atoms with Gasteiger partial charge in [-0.3, -0.25) is 9.59 Å². The lowest BCUT2D eigenvalue weighted by Gasteiger charge is -2.24. The Kier molecular flexibility index (Phi) is 5.66. The topological polar surface area (TPSA) is 105 Å². The van der Waals surface area contributed by atoms with E-state index in [-0.39, 0.29) is 18.7 Å². The number of nitrogens with zero attached hydrogens (tertiary/aromatic N) is 2. The summed E-state index contributed by atoms with van der Waals surface area (Å²) in [5.74, 6) is -0.100. The first-order valence-corrected chi connectivity index (χ1v) is 6.66. The number of aromatic nitrogens is 2. The molecule has 20 heavy (non-hydrogen) atoms. The van der Waals surface area contributed by atoms with Crippen LogP contribution in [0.15, 0.2) is 4.52 Å². The first kappa shape index (κ1) is 16.1. The molecule has 0 spiro atoms. The molecule has 0 bridgehead atoms. The number of rotatable bonds is 8. The van der Waals surface area contributed by atoms with Crippen molar-refractivity contribution >= 4 is 11.9 Å². The summed E-state index contributed by atoms with van der Waals surface area (Å²) in [6, 6.07) is 0. The van der Waals surface area contributed by atoms with Gasteiger partial charge in [-0.05, 0) is 20.3 Å². The minimum Gasteiger partial charge on any atom is -0.481 e. The van der Waals surface area contributed by atoms with E-state index in [9.17, 15) is 9.59 Å². The molecule has 1 aromatic rings. The van der Waals surface area contributed by atoms with Crippen molar-refractivity contribution in [3.63, 3.8) is 0 Å². The summed E-state index contributed by atoms with van der Waals surface area (Å²) in [7, 11) is 0. The zero-order valence-corrected chi connectivity index (χ0v) is 12.1. The van der Waals surface area contributed by atoms with Gasteiger partial charge in [-0.1, -0.05) is 12.1 Å². The van der Waals surface area contributed by atoms with Gasteiger partial charge < -0.3 is 14.9 Å². The molecule has 0 radical (unpaired) electrons. The van der Waals surface area contributed by atoms with Crippen molar-refractivity contribution in [3.05, 3.63) is 11.7 Å². The molecule has 7 nitrogen and oxygen atoms in total. The van der Waals surface area contributed by atoms with Crippen LogP contribution in [0, 0.1) is 0 Å². The molecule has 2 N–H and O–H groups in total. The Labute approximate surface area is 117 Å². The molecule has 112 valence electrons. The molecular weight excluding hydrogens is 262 g/mol. The number of hydrogen-bond acceptors (Lipinski definition) is 5. The Bertz CT molecular complexity index is 468. The third kappa shape index (κ3) is 5.81. The van der Waals surface area contributed by atoms with Gasteiger partial charge >= 0.3 is 5.97 Å². The first-order valence-electron chi connectivity index (χ1n) is 6.66. The zero-order valence-electron chi connectivity index (χ0n) is 12.1. The van der Waals surface area contributed by atoms with Gasteiger partial charge in [0.05, 0.1) is 6.42 Å². The second-order valence-electron chi connectivity index (χ2n) is 5.36. The predicted octanol–water partition coefficient (Wildman–Crippen LogP) is 1.32. The average molecular weight is 283 g/mol. The molecule has 0 saturated heterocycles. The van der Waals surface area contributed by atoms with E-state index in [1.54, 1.807) is 13.8 Å². The molecule has 0 aliphatic rings. The maximum absolute atomic E-state index is 11.8. The molecule has 0 atom stereocenters. The van der Waals surface area contributed by atoms with Crippen LogP contribution in [0.4, 0.5) is 0 Å².